The first kappa shape index (κ1) is 33.9. The van der Waals surface area contributed by atoms with Gasteiger partial charge in [0, 0.05) is 29.8 Å². The molecular formula is C46H59N3O. The lowest BCUT2D eigenvalue weighted by Gasteiger charge is -2.57. The summed E-state index contributed by atoms with van der Waals surface area (Å²) in [6, 6.07) is 9.39. The summed E-state index contributed by atoms with van der Waals surface area (Å²) in [5, 5.41) is 19.9. The molecule has 0 aromatic heterocycles. The molecular weight excluding hydrogens is 611 g/mol. The Morgan fingerprint density at radius 2 is 1.44 bits per heavy atom. The molecule has 3 heterocycles. The number of hydrogen-bond acceptors (Lipinski definition) is 4. The monoisotopic (exact) mass is 669 g/mol. The van der Waals surface area contributed by atoms with Gasteiger partial charge in [-0.15, -0.1) is 0 Å². The summed E-state index contributed by atoms with van der Waals surface area (Å²) in [7, 11) is 0. The van der Waals surface area contributed by atoms with Crippen LogP contribution in [-0.4, -0.2) is 13.1 Å². The van der Waals surface area contributed by atoms with Crippen LogP contribution in [0.15, 0.2) is 53.0 Å². The lowest BCUT2D eigenvalue weighted by molar-refractivity contribution is -0.00706. The van der Waals surface area contributed by atoms with E-state index in [2.05, 4.69) is 82.9 Å². The minimum atomic E-state index is -0.0310. The molecule has 5 unspecified atom stereocenters. The van der Waals surface area contributed by atoms with Crippen molar-refractivity contribution in [2.75, 3.05) is 18.0 Å². The molecule has 1 aromatic rings. The van der Waals surface area contributed by atoms with Gasteiger partial charge in [0.2, 0.25) is 0 Å². The van der Waals surface area contributed by atoms with Crippen LogP contribution in [0.2, 0.25) is 0 Å². The highest BCUT2D eigenvalue weighted by Crippen LogP contribution is 2.63. The Bertz CT molecular complexity index is 1700. The van der Waals surface area contributed by atoms with E-state index in [1.807, 2.05) is 12.2 Å². The predicted octanol–water partition coefficient (Wildman–Crippen LogP) is 11.5. The predicted molar refractivity (Wildman–Crippen MR) is 203 cm³/mol. The molecule has 4 nitrogen and oxygen atoms in total. The van der Waals surface area contributed by atoms with Crippen molar-refractivity contribution in [1.29, 1.82) is 10.5 Å². The molecule has 0 radical (unpaired) electrons. The summed E-state index contributed by atoms with van der Waals surface area (Å²) in [6.07, 6.45) is 23.8. The zero-order valence-electron chi connectivity index (χ0n) is 31.7. The zero-order chi connectivity index (χ0) is 35.0. The summed E-state index contributed by atoms with van der Waals surface area (Å²) in [5.41, 5.74) is 7.30. The molecule has 7 aliphatic rings. The van der Waals surface area contributed by atoms with Crippen LogP contribution >= 0.6 is 0 Å². The van der Waals surface area contributed by atoms with E-state index in [1.165, 1.54) is 75.5 Å². The molecule has 264 valence electrons. The average molecular weight is 670 g/mol. The van der Waals surface area contributed by atoms with Crippen LogP contribution in [-0.2, 0) is 10.2 Å². The number of fused-ring (bicyclic) bond motifs is 4. The van der Waals surface area contributed by atoms with Crippen LogP contribution in [0.3, 0.4) is 0 Å². The number of rotatable bonds is 4. The van der Waals surface area contributed by atoms with E-state index in [0.717, 1.165) is 55.1 Å². The van der Waals surface area contributed by atoms with Gasteiger partial charge in [-0.3, -0.25) is 0 Å². The Hall–Kier alpha value is -3.24. The molecule has 50 heavy (non-hydrogen) atoms. The van der Waals surface area contributed by atoms with Crippen LogP contribution in [0.1, 0.15) is 141 Å². The maximum atomic E-state index is 9.95. The lowest BCUT2D eigenvalue weighted by Crippen LogP contribution is -2.48. The third-order valence-corrected chi connectivity index (χ3v) is 14.6. The third-order valence-electron chi connectivity index (χ3n) is 14.6. The molecule has 0 N–H and O–H groups in total. The van der Waals surface area contributed by atoms with Crippen LogP contribution in [0, 0.1) is 69.0 Å². The van der Waals surface area contributed by atoms with Gasteiger partial charge in [-0.1, -0.05) is 47.6 Å². The van der Waals surface area contributed by atoms with Crippen molar-refractivity contribution in [2.45, 2.75) is 130 Å². The van der Waals surface area contributed by atoms with E-state index >= 15 is 0 Å². The molecule has 4 saturated carbocycles. The molecule has 0 amide bonds. The molecule has 8 rings (SSSR count). The molecule has 0 saturated heterocycles. The van der Waals surface area contributed by atoms with E-state index in [9.17, 15) is 10.5 Å². The molecule has 4 aliphatic carbocycles. The number of nitrogens with zero attached hydrogens (tertiary/aromatic N) is 3. The fourth-order valence-electron chi connectivity index (χ4n) is 13.4. The normalized spacial score (nSPS) is 38.6. The minimum absolute atomic E-state index is 0.0310. The molecule has 0 spiro atoms. The van der Waals surface area contributed by atoms with Crippen molar-refractivity contribution in [1.82, 2.24) is 0 Å². The van der Waals surface area contributed by atoms with Crippen molar-refractivity contribution in [2.24, 2.45) is 46.3 Å². The summed E-state index contributed by atoms with van der Waals surface area (Å²) in [5.74, 6) is 6.85. The summed E-state index contributed by atoms with van der Waals surface area (Å²) < 4.78 is 6.90. The van der Waals surface area contributed by atoms with E-state index in [1.54, 1.807) is 11.3 Å². The third kappa shape index (κ3) is 5.88. The van der Waals surface area contributed by atoms with Gasteiger partial charge in [0.25, 0.3) is 0 Å². The van der Waals surface area contributed by atoms with Crippen molar-refractivity contribution >= 4 is 11.8 Å². The van der Waals surface area contributed by atoms with Gasteiger partial charge in [-0.2, -0.15) is 10.5 Å². The first-order valence-electron chi connectivity index (χ1n) is 20.2. The lowest BCUT2D eigenvalue weighted by atomic mass is 9.50. The van der Waals surface area contributed by atoms with Crippen LogP contribution in [0.4, 0.5) is 5.69 Å². The summed E-state index contributed by atoms with van der Waals surface area (Å²) >= 11 is 0. The molecule has 3 aliphatic heterocycles. The molecule has 4 bridgehead atoms. The Labute approximate surface area is 302 Å². The minimum Gasteiger partial charge on any atom is -0.461 e. The number of ether oxygens (including phenoxy) is 1. The van der Waals surface area contributed by atoms with Crippen molar-refractivity contribution in [3.05, 3.63) is 69.7 Å². The van der Waals surface area contributed by atoms with E-state index in [4.69, 9.17) is 4.74 Å². The van der Waals surface area contributed by atoms with Gasteiger partial charge in [0.05, 0.1) is 0 Å². The Kier molecular flexibility index (Phi) is 8.45. The zero-order valence-corrected chi connectivity index (χ0v) is 31.7. The highest BCUT2D eigenvalue weighted by Gasteiger charge is 2.52. The first-order chi connectivity index (χ1) is 23.9. The largest absolute Gasteiger partial charge is 0.461 e. The topological polar surface area (TPSA) is 60.0 Å². The fourth-order valence-corrected chi connectivity index (χ4v) is 13.4. The SMILES string of the molecule is CC1CC2CC(C)CC(C3=CC(=C(C#N)C#N)C=C(/C=C/c4cc5c6c(c4)C(C)(C)CCN6CCC5C45CC(C)CC(CC(C)C4)C5)O3)(C1)C2. The van der Waals surface area contributed by atoms with Crippen LogP contribution in [0.25, 0.3) is 6.08 Å². The number of nitriles is 2. The average Bonchev–Trinajstić information content (AvgIpc) is 3.04. The van der Waals surface area contributed by atoms with E-state index < -0.39 is 0 Å². The fraction of sp³-hybridized carbons (Fsp3) is 0.652. The quantitative estimate of drug-likeness (QED) is 0.299. The Morgan fingerprint density at radius 1 is 0.800 bits per heavy atom. The number of hydrogen-bond donors (Lipinski definition) is 0. The van der Waals surface area contributed by atoms with Gasteiger partial charge in [0.15, 0.2) is 0 Å². The first-order valence-corrected chi connectivity index (χ1v) is 20.2. The van der Waals surface area contributed by atoms with Gasteiger partial charge < -0.3 is 9.64 Å². The maximum Gasteiger partial charge on any atom is 0.137 e. The number of anilines is 1. The van der Waals surface area contributed by atoms with Gasteiger partial charge in [0.1, 0.15) is 29.2 Å². The maximum absolute atomic E-state index is 9.95. The molecule has 4 fully saturated rings. The molecule has 4 heteroatoms. The Morgan fingerprint density at radius 3 is 2.10 bits per heavy atom. The van der Waals surface area contributed by atoms with Crippen molar-refractivity contribution < 1.29 is 4.74 Å². The van der Waals surface area contributed by atoms with E-state index in [-0.39, 0.29) is 16.4 Å². The standard InChI is InChI=1S/C46H59N3O/c1-29-13-34-14-30(2)22-45(21-29,25-34)40-9-11-49-12-10-44(5,6)41-18-33(17-39(40)43(41)49)7-8-38-19-36(37(27-47)28-48)20-42(50-38)46-23-31(3)15-35(26-46)16-32(4)24-46/h7-8,17-20,29-32,34-35,40H,9-16,21-26H2,1-6H3/b8-7+. The summed E-state index contributed by atoms with van der Waals surface area (Å²) in [4.78, 5) is 2.72. The van der Waals surface area contributed by atoms with E-state index in [0.29, 0.717) is 34.7 Å². The second-order valence-electron chi connectivity index (χ2n) is 19.5. The second kappa shape index (κ2) is 12.5. The van der Waals surface area contributed by atoms with Gasteiger partial charge >= 0.3 is 0 Å². The Balaban J connectivity index is 1.19. The second-order valence-corrected chi connectivity index (χ2v) is 19.5. The van der Waals surface area contributed by atoms with Crippen LogP contribution < -0.4 is 4.90 Å². The summed E-state index contributed by atoms with van der Waals surface area (Å²) in [6.45, 7) is 17.1. The molecule has 1 aromatic carbocycles. The highest BCUT2D eigenvalue weighted by molar-refractivity contribution is 5.72. The number of allylic oxidation sites excluding steroid dienone is 6. The smallest absolute Gasteiger partial charge is 0.137 e. The van der Waals surface area contributed by atoms with Crippen molar-refractivity contribution in [3.8, 4) is 12.1 Å². The van der Waals surface area contributed by atoms with Gasteiger partial charge in [-0.25, -0.2) is 0 Å². The van der Waals surface area contributed by atoms with Crippen molar-refractivity contribution in [3.63, 3.8) is 0 Å². The van der Waals surface area contributed by atoms with Gasteiger partial charge in [-0.05, 0) is 176 Å². The molecule has 5 atom stereocenters. The number of benzene rings is 1. The highest BCUT2D eigenvalue weighted by atomic mass is 16.5. The van der Waals surface area contributed by atoms with Crippen LogP contribution in [0.5, 0.6) is 0 Å².